The molecule has 0 fully saturated rings. The predicted octanol–water partition coefficient (Wildman–Crippen LogP) is 3.40. The van der Waals surface area contributed by atoms with E-state index in [4.69, 9.17) is 5.73 Å². The maximum Gasteiger partial charge on any atom is 0.573 e. The second-order valence-electron chi connectivity index (χ2n) is 3.42. The summed E-state index contributed by atoms with van der Waals surface area (Å²) in [5, 5.41) is 0. The van der Waals surface area contributed by atoms with Crippen LogP contribution in [0.4, 0.5) is 35.1 Å². The third kappa shape index (κ3) is 3.92. The molecule has 0 saturated heterocycles. The first-order valence-electron chi connectivity index (χ1n) is 4.80. The van der Waals surface area contributed by atoms with Crippen molar-refractivity contribution >= 4 is 0 Å². The van der Waals surface area contributed by atoms with Crippen LogP contribution >= 0.6 is 0 Å². The van der Waals surface area contributed by atoms with Crippen LogP contribution in [0.25, 0.3) is 0 Å². The first-order chi connectivity index (χ1) is 8.95. The SMILES string of the molecule is NCc1nc(C(F)(F)F)c(OC(F)(F)F)cc1C(F)F. The van der Waals surface area contributed by atoms with Gasteiger partial charge in [0.25, 0.3) is 6.43 Å². The maximum absolute atomic E-state index is 12.5. The summed E-state index contributed by atoms with van der Waals surface area (Å²) in [5.74, 6) is -1.85. The molecule has 1 aromatic rings. The number of hydrogen-bond donors (Lipinski definition) is 1. The van der Waals surface area contributed by atoms with Crippen LogP contribution in [0.1, 0.15) is 23.4 Å². The van der Waals surface area contributed by atoms with Gasteiger partial charge in [0.1, 0.15) is 0 Å². The average Bonchev–Trinajstić information content (AvgIpc) is 2.24. The van der Waals surface area contributed by atoms with Crippen LogP contribution in [-0.4, -0.2) is 11.3 Å². The predicted molar refractivity (Wildman–Crippen MR) is 48.8 cm³/mol. The van der Waals surface area contributed by atoms with E-state index in [2.05, 4.69) is 9.72 Å². The fraction of sp³-hybridized carbons (Fsp3) is 0.444. The van der Waals surface area contributed by atoms with Gasteiger partial charge in [-0.25, -0.2) is 13.8 Å². The lowest BCUT2D eigenvalue weighted by molar-refractivity contribution is -0.276. The van der Waals surface area contributed by atoms with Crippen molar-refractivity contribution in [1.29, 1.82) is 0 Å². The number of nitrogens with zero attached hydrogens (tertiary/aromatic N) is 1. The molecule has 0 radical (unpaired) electrons. The van der Waals surface area contributed by atoms with Crippen molar-refractivity contribution in [2.75, 3.05) is 0 Å². The summed E-state index contributed by atoms with van der Waals surface area (Å²) >= 11 is 0. The summed E-state index contributed by atoms with van der Waals surface area (Å²) in [6.07, 6.45) is -14.1. The topological polar surface area (TPSA) is 48.1 Å². The first kappa shape index (κ1) is 16.4. The molecule has 0 atom stereocenters. The Balaban J connectivity index is 3.48. The minimum atomic E-state index is -5.48. The highest BCUT2D eigenvalue weighted by atomic mass is 19.4. The third-order valence-electron chi connectivity index (χ3n) is 2.02. The molecule has 0 aliphatic heterocycles. The second kappa shape index (κ2) is 5.38. The fourth-order valence-electron chi connectivity index (χ4n) is 1.31. The van der Waals surface area contributed by atoms with E-state index >= 15 is 0 Å². The van der Waals surface area contributed by atoms with E-state index in [1.165, 1.54) is 0 Å². The van der Waals surface area contributed by atoms with E-state index in [1.807, 2.05) is 0 Å². The molecule has 2 N–H and O–H groups in total. The van der Waals surface area contributed by atoms with Gasteiger partial charge >= 0.3 is 12.5 Å². The highest BCUT2D eigenvalue weighted by Crippen LogP contribution is 2.39. The van der Waals surface area contributed by atoms with Gasteiger partial charge in [-0.3, -0.25) is 0 Å². The number of pyridine rings is 1. The Morgan fingerprint density at radius 2 is 1.70 bits per heavy atom. The molecule has 3 nitrogen and oxygen atoms in total. The van der Waals surface area contributed by atoms with Crippen LogP contribution in [0.15, 0.2) is 6.07 Å². The number of alkyl halides is 8. The molecule has 11 heteroatoms. The molecule has 0 aromatic carbocycles. The fourth-order valence-corrected chi connectivity index (χ4v) is 1.31. The number of rotatable bonds is 3. The zero-order valence-corrected chi connectivity index (χ0v) is 9.32. The van der Waals surface area contributed by atoms with Crippen molar-refractivity contribution in [2.24, 2.45) is 5.73 Å². The smallest absolute Gasteiger partial charge is 0.403 e. The van der Waals surface area contributed by atoms with Gasteiger partial charge < -0.3 is 10.5 Å². The standard InChI is InChI=1S/C9H6F8N2O/c10-7(11)3-1-5(20-9(15,16)17)6(8(12,13)14)19-4(3)2-18/h1,7H,2,18H2. The second-order valence-corrected chi connectivity index (χ2v) is 3.42. The Morgan fingerprint density at radius 1 is 1.15 bits per heavy atom. The molecule has 0 unspecified atom stereocenters. The number of aromatic nitrogens is 1. The molecule has 1 heterocycles. The van der Waals surface area contributed by atoms with Gasteiger partial charge in [0.05, 0.1) is 5.69 Å². The number of hydrogen-bond acceptors (Lipinski definition) is 3. The molecular weight excluding hydrogens is 304 g/mol. The zero-order valence-electron chi connectivity index (χ0n) is 9.32. The lowest BCUT2D eigenvalue weighted by Crippen LogP contribution is -2.22. The van der Waals surface area contributed by atoms with Crippen LogP contribution in [0, 0.1) is 0 Å². The molecule has 0 spiro atoms. The molecule has 0 bridgehead atoms. The van der Waals surface area contributed by atoms with E-state index in [9.17, 15) is 35.1 Å². The number of ether oxygens (including phenoxy) is 1. The summed E-state index contributed by atoms with van der Waals surface area (Å²) in [4.78, 5) is 2.71. The highest BCUT2D eigenvalue weighted by molar-refractivity contribution is 5.38. The minimum Gasteiger partial charge on any atom is -0.403 e. The zero-order chi connectivity index (χ0) is 15.7. The van der Waals surface area contributed by atoms with Gasteiger partial charge in [-0.05, 0) is 6.07 Å². The van der Waals surface area contributed by atoms with Crippen molar-refractivity contribution in [3.63, 3.8) is 0 Å². The molecule has 0 saturated carbocycles. The number of halogens is 8. The number of nitrogens with two attached hydrogens (primary N) is 1. The van der Waals surface area contributed by atoms with Crippen LogP contribution in [0.5, 0.6) is 5.75 Å². The van der Waals surface area contributed by atoms with E-state index < -0.39 is 48.2 Å². The van der Waals surface area contributed by atoms with Crippen molar-refractivity contribution < 1.29 is 39.9 Å². The monoisotopic (exact) mass is 310 g/mol. The summed E-state index contributed by atoms with van der Waals surface area (Å²) in [7, 11) is 0. The maximum atomic E-state index is 12.5. The van der Waals surface area contributed by atoms with Crippen molar-refractivity contribution in [1.82, 2.24) is 4.98 Å². The average molecular weight is 310 g/mol. The van der Waals surface area contributed by atoms with Gasteiger partial charge in [-0.2, -0.15) is 13.2 Å². The molecule has 0 amide bonds. The molecule has 1 rings (SSSR count). The van der Waals surface area contributed by atoms with E-state index in [0.29, 0.717) is 0 Å². The Kier molecular flexibility index (Phi) is 4.42. The van der Waals surface area contributed by atoms with Crippen molar-refractivity contribution in [3.05, 3.63) is 23.0 Å². The lowest BCUT2D eigenvalue weighted by atomic mass is 10.1. The quantitative estimate of drug-likeness (QED) is 0.871. The molecule has 114 valence electrons. The van der Waals surface area contributed by atoms with Crippen molar-refractivity contribution in [3.8, 4) is 5.75 Å². The van der Waals surface area contributed by atoms with Crippen molar-refractivity contribution in [2.45, 2.75) is 25.5 Å². The lowest BCUT2D eigenvalue weighted by Gasteiger charge is -2.17. The van der Waals surface area contributed by atoms with Crippen LogP contribution < -0.4 is 10.5 Å². The Hall–Kier alpha value is -1.65. The molecular formula is C9H6F8N2O. The largest absolute Gasteiger partial charge is 0.573 e. The summed E-state index contributed by atoms with van der Waals surface area (Å²) in [5.41, 5.74) is 0.870. The normalized spacial score (nSPS) is 12.9. The molecule has 0 aliphatic rings. The minimum absolute atomic E-state index is 0.0594. The first-order valence-corrected chi connectivity index (χ1v) is 4.80. The van der Waals surface area contributed by atoms with Gasteiger partial charge in [0, 0.05) is 12.1 Å². The summed E-state index contributed by atoms with van der Waals surface area (Å²) in [6.45, 7) is -0.797. The summed E-state index contributed by atoms with van der Waals surface area (Å²) in [6, 6.07) is -0.0594. The van der Waals surface area contributed by atoms with Gasteiger partial charge in [-0.1, -0.05) is 0 Å². The highest BCUT2D eigenvalue weighted by Gasteiger charge is 2.42. The summed E-state index contributed by atoms with van der Waals surface area (Å²) < 4.78 is 102. The van der Waals surface area contributed by atoms with Gasteiger partial charge in [-0.15, -0.1) is 13.2 Å². The Morgan fingerprint density at radius 3 is 2.05 bits per heavy atom. The van der Waals surface area contributed by atoms with E-state index in [1.54, 1.807) is 0 Å². The van der Waals surface area contributed by atoms with Crippen LogP contribution in [-0.2, 0) is 12.7 Å². The Bertz CT molecular complexity index is 482. The van der Waals surface area contributed by atoms with Gasteiger partial charge in [0.15, 0.2) is 11.4 Å². The molecule has 0 aliphatic carbocycles. The molecule has 20 heavy (non-hydrogen) atoms. The van der Waals surface area contributed by atoms with E-state index in [0.717, 1.165) is 0 Å². The molecule has 1 aromatic heterocycles. The van der Waals surface area contributed by atoms with Crippen LogP contribution in [0.3, 0.4) is 0 Å². The van der Waals surface area contributed by atoms with Crippen LogP contribution in [0.2, 0.25) is 0 Å². The van der Waals surface area contributed by atoms with Gasteiger partial charge in [0.2, 0.25) is 0 Å². The Labute approximate surface area is 106 Å². The van der Waals surface area contributed by atoms with E-state index in [-0.39, 0.29) is 6.07 Å². The third-order valence-corrected chi connectivity index (χ3v) is 2.02.